The Kier molecular flexibility index (Phi) is 8.62. The third-order valence-electron chi connectivity index (χ3n) is 12.7. The molecule has 3 aromatic carbocycles. The number of benzene rings is 3. The molecule has 4 amide bonds. The van der Waals surface area contributed by atoms with Crippen LogP contribution in [-0.4, -0.2) is 62.7 Å². The highest BCUT2D eigenvalue weighted by atomic mass is 16.4. The number of allylic oxidation sites excluding steroid dienone is 2. The number of anilines is 1. The van der Waals surface area contributed by atoms with Gasteiger partial charge in [-0.2, -0.15) is 5.01 Å². The van der Waals surface area contributed by atoms with Gasteiger partial charge in [-0.1, -0.05) is 90.0 Å². The number of hydrogen-bond acceptors (Lipinski definition) is 8. The van der Waals surface area contributed by atoms with Crippen LogP contribution in [0.15, 0.2) is 113 Å². The van der Waals surface area contributed by atoms with E-state index in [0.29, 0.717) is 42.0 Å². The number of imide groups is 2. The van der Waals surface area contributed by atoms with Crippen molar-refractivity contribution in [3.63, 3.8) is 0 Å². The van der Waals surface area contributed by atoms with Crippen molar-refractivity contribution >= 4 is 29.3 Å². The number of furan rings is 1. The number of nitrogens with one attached hydrogen (secondary N) is 1. The SMILES string of the molecule is Cc1ccc(NN2C(=O)[C@@H]3C[C@@H]4C(=CC[C@@H]5C(=O)N(C6CCN(Cc7ccccc7)CC6)C(=O)[C@@H]54)[C@H](c4ccc(CO)o4)[C@]3(c3ccccc3)C2=O)cc1. The molecule has 1 saturated carbocycles. The second-order valence-corrected chi connectivity index (χ2v) is 15.6. The summed E-state index contributed by atoms with van der Waals surface area (Å²) >= 11 is 0. The zero-order chi connectivity index (χ0) is 37.1. The summed E-state index contributed by atoms with van der Waals surface area (Å²) in [4.78, 5) is 63.0. The van der Waals surface area contributed by atoms with Gasteiger partial charge in [-0.15, -0.1) is 0 Å². The zero-order valence-corrected chi connectivity index (χ0v) is 30.3. The van der Waals surface area contributed by atoms with Crippen molar-refractivity contribution in [1.29, 1.82) is 0 Å². The van der Waals surface area contributed by atoms with E-state index in [4.69, 9.17) is 4.42 Å². The number of hydrazine groups is 1. The number of aliphatic hydroxyl groups is 1. The van der Waals surface area contributed by atoms with E-state index < -0.39 is 40.9 Å². The molecule has 0 bridgehead atoms. The molecule has 1 aromatic heterocycles. The number of carbonyl (C=O) groups excluding carboxylic acids is 4. The van der Waals surface area contributed by atoms with Gasteiger partial charge < -0.3 is 9.52 Å². The Balaban J connectivity index is 1.09. The molecule has 3 aliphatic heterocycles. The van der Waals surface area contributed by atoms with Crippen LogP contribution in [0.1, 0.15) is 59.8 Å². The molecule has 10 nitrogen and oxygen atoms in total. The first-order chi connectivity index (χ1) is 26.3. The molecule has 0 spiro atoms. The average Bonchev–Trinajstić information content (AvgIpc) is 3.84. The molecule has 4 fully saturated rings. The van der Waals surface area contributed by atoms with Crippen molar-refractivity contribution in [2.24, 2.45) is 23.7 Å². The lowest BCUT2D eigenvalue weighted by Crippen LogP contribution is -2.53. The number of rotatable bonds is 8. The van der Waals surface area contributed by atoms with E-state index in [9.17, 15) is 19.5 Å². The molecule has 3 saturated heterocycles. The van der Waals surface area contributed by atoms with Gasteiger partial charge in [0.2, 0.25) is 11.8 Å². The lowest BCUT2D eigenvalue weighted by Gasteiger charge is -2.49. The van der Waals surface area contributed by atoms with E-state index in [0.717, 1.165) is 35.8 Å². The van der Waals surface area contributed by atoms with Crippen LogP contribution in [0.3, 0.4) is 0 Å². The van der Waals surface area contributed by atoms with Crippen LogP contribution in [0.2, 0.25) is 0 Å². The Morgan fingerprint density at radius 3 is 2.20 bits per heavy atom. The number of aryl methyl sites for hydroxylation is 1. The first-order valence-electron chi connectivity index (χ1n) is 19.1. The number of amides is 4. The van der Waals surface area contributed by atoms with E-state index in [1.54, 1.807) is 17.0 Å². The molecule has 54 heavy (non-hydrogen) atoms. The molecule has 0 radical (unpaired) electrons. The van der Waals surface area contributed by atoms with Gasteiger partial charge in [-0.3, -0.25) is 34.4 Å². The van der Waals surface area contributed by atoms with Gasteiger partial charge >= 0.3 is 0 Å². The Labute approximate surface area is 314 Å². The van der Waals surface area contributed by atoms with E-state index in [2.05, 4.69) is 22.5 Å². The predicted molar refractivity (Wildman–Crippen MR) is 200 cm³/mol. The molecule has 4 aromatic rings. The molecule has 9 rings (SSSR count). The predicted octanol–water partition coefficient (Wildman–Crippen LogP) is 5.73. The van der Waals surface area contributed by atoms with Crippen LogP contribution in [0.5, 0.6) is 0 Å². The zero-order valence-electron chi connectivity index (χ0n) is 30.3. The minimum absolute atomic E-state index is 0.129. The summed E-state index contributed by atoms with van der Waals surface area (Å²) in [6.07, 6.45) is 4.05. The second-order valence-electron chi connectivity index (χ2n) is 15.6. The van der Waals surface area contributed by atoms with Crippen LogP contribution >= 0.6 is 0 Å². The normalized spacial score (nSPS) is 28.6. The number of likely N-dealkylation sites (tertiary alicyclic amines) is 2. The van der Waals surface area contributed by atoms with Crippen LogP contribution in [0.4, 0.5) is 5.69 Å². The molecular formula is C44H44N4O6. The van der Waals surface area contributed by atoms with Crippen molar-refractivity contribution in [2.45, 2.75) is 63.1 Å². The summed E-state index contributed by atoms with van der Waals surface area (Å²) in [6, 6.07) is 30.5. The van der Waals surface area contributed by atoms with Crippen molar-refractivity contribution in [3.05, 3.63) is 137 Å². The van der Waals surface area contributed by atoms with E-state index in [-0.39, 0.29) is 36.8 Å². The topological polar surface area (TPSA) is 123 Å². The molecular weight excluding hydrogens is 681 g/mol. The summed E-state index contributed by atoms with van der Waals surface area (Å²) < 4.78 is 6.29. The maximum absolute atomic E-state index is 15.2. The highest BCUT2D eigenvalue weighted by Gasteiger charge is 2.71. The summed E-state index contributed by atoms with van der Waals surface area (Å²) in [5, 5.41) is 11.2. The lowest BCUT2D eigenvalue weighted by molar-refractivity contribution is -0.144. The Bertz CT molecular complexity index is 2120. The fourth-order valence-electron chi connectivity index (χ4n) is 10.3. The second kappa shape index (κ2) is 13.5. The van der Waals surface area contributed by atoms with Crippen LogP contribution in [0, 0.1) is 30.6 Å². The van der Waals surface area contributed by atoms with Gasteiger partial charge in [0.1, 0.15) is 23.5 Å². The minimum atomic E-state index is -1.41. The molecule has 6 atom stereocenters. The molecule has 10 heteroatoms. The molecule has 0 unspecified atom stereocenters. The van der Waals surface area contributed by atoms with Gasteiger partial charge in [0.05, 0.1) is 29.4 Å². The van der Waals surface area contributed by atoms with Crippen molar-refractivity contribution < 1.29 is 28.7 Å². The summed E-state index contributed by atoms with van der Waals surface area (Å²) in [7, 11) is 0. The Morgan fingerprint density at radius 2 is 1.52 bits per heavy atom. The Morgan fingerprint density at radius 1 is 0.815 bits per heavy atom. The monoisotopic (exact) mass is 724 g/mol. The van der Waals surface area contributed by atoms with Crippen LogP contribution < -0.4 is 5.43 Å². The van der Waals surface area contributed by atoms with E-state index in [1.165, 1.54) is 5.56 Å². The first-order valence-corrected chi connectivity index (χ1v) is 19.1. The van der Waals surface area contributed by atoms with Gasteiger partial charge in [0.25, 0.3) is 11.8 Å². The first kappa shape index (κ1) is 34.4. The lowest BCUT2D eigenvalue weighted by atomic mass is 9.50. The molecule has 4 heterocycles. The fraction of sp³-hybridized carbons (Fsp3) is 0.364. The third kappa shape index (κ3) is 5.37. The summed E-state index contributed by atoms with van der Waals surface area (Å²) in [5.41, 5.74) is 6.11. The number of carbonyl (C=O) groups is 4. The van der Waals surface area contributed by atoms with E-state index in [1.807, 2.05) is 85.8 Å². The molecule has 5 aliphatic rings. The number of fused-ring (bicyclic) bond motifs is 4. The quantitative estimate of drug-likeness (QED) is 0.175. The van der Waals surface area contributed by atoms with Crippen molar-refractivity contribution in [3.8, 4) is 0 Å². The molecule has 2 N–H and O–H groups in total. The molecule has 2 aliphatic carbocycles. The number of piperidine rings is 1. The van der Waals surface area contributed by atoms with Gasteiger partial charge in [-0.05, 0) is 73.9 Å². The minimum Gasteiger partial charge on any atom is -0.463 e. The molecule has 276 valence electrons. The highest BCUT2D eigenvalue weighted by Crippen LogP contribution is 2.64. The third-order valence-corrected chi connectivity index (χ3v) is 12.7. The van der Waals surface area contributed by atoms with Gasteiger partial charge in [0, 0.05) is 25.7 Å². The fourth-order valence-corrected chi connectivity index (χ4v) is 10.3. The average molecular weight is 725 g/mol. The highest BCUT2D eigenvalue weighted by molar-refractivity contribution is 6.13. The summed E-state index contributed by atoms with van der Waals surface area (Å²) in [5.74, 6) is -3.58. The standard InChI is InChI=1S/C44H44N4O6/c1-27-12-14-30(15-13-27)45-48-41(51)36-24-35-33(39(37-19-16-32(26-49)54-37)44(36,43(48)53)29-10-6-3-7-11-29)17-18-34-38(35)42(52)47(40(34)50)31-20-22-46(23-21-31)25-28-8-4-2-5-9-28/h2-17,19,31,34-36,38-39,45,49H,18,20-26H2,1H3/t34-,35+,36-,38-,39+,44+/m0/s1. The van der Waals surface area contributed by atoms with Gasteiger partial charge in [-0.25, -0.2) is 0 Å². The Hall–Kier alpha value is -5.32. The van der Waals surface area contributed by atoms with Crippen LogP contribution in [0.25, 0.3) is 0 Å². The number of hydrogen-bond donors (Lipinski definition) is 2. The number of nitrogens with zero attached hydrogens (tertiary/aromatic N) is 3. The van der Waals surface area contributed by atoms with Crippen molar-refractivity contribution in [2.75, 3.05) is 18.5 Å². The maximum atomic E-state index is 15.2. The van der Waals surface area contributed by atoms with Crippen molar-refractivity contribution in [1.82, 2.24) is 14.8 Å². The largest absolute Gasteiger partial charge is 0.463 e. The number of aliphatic hydroxyl groups excluding tert-OH is 1. The van der Waals surface area contributed by atoms with E-state index >= 15 is 4.79 Å². The maximum Gasteiger partial charge on any atom is 0.260 e. The van der Waals surface area contributed by atoms with Crippen LogP contribution in [-0.2, 0) is 37.7 Å². The van der Waals surface area contributed by atoms with Gasteiger partial charge in [0.15, 0.2) is 0 Å². The summed E-state index contributed by atoms with van der Waals surface area (Å²) in [6.45, 7) is 4.04. The smallest absolute Gasteiger partial charge is 0.260 e.